The lowest BCUT2D eigenvalue weighted by molar-refractivity contribution is 0.102. The van der Waals surface area contributed by atoms with Crippen molar-refractivity contribution in [1.82, 2.24) is 4.98 Å². The molecule has 0 unspecified atom stereocenters. The second-order valence-electron chi connectivity index (χ2n) is 7.11. The summed E-state index contributed by atoms with van der Waals surface area (Å²) in [5.74, 6) is -3.32. The first-order chi connectivity index (χ1) is 14.9. The number of phenols is 1. The van der Waals surface area contributed by atoms with Crippen LogP contribution in [0.3, 0.4) is 0 Å². The SMILES string of the molecule is Cc1ccc(N2c3cccc(C(=O)Nc4cc(F)c(O)c(F)c4)c3OC[C@@H]2CO)nc1. The van der Waals surface area contributed by atoms with Crippen molar-refractivity contribution in [3.8, 4) is 11.5 Å². The first-order valence-corrected chi connectivity index (χ1v) is 9.47. The Morgan fingerprint density at radius 2 is 2.00 bits per heavy atom. The number of aliphatic hydroxyl groups is 1. The zero-order valence-corrected chi connectivity index (χ0v) is 16.5. The minimum atomic E-state index is -1.19. The van der Waals surface area contributed by atoms with E-state index in [2.05, 4.69) is 10.3 Å². The molecule has 4 rings (SSSR count). The maximum Gasteiger partial charge on any atom is 0.259 e. The Balaban J connectivity index is 1.71. The second kappa shape index (κ2) is 8.19. The Morgan fingerprint density at radius 1 is 1.26 bits per heavy atom. The lowest BCUT2D eigenvalue weighted by atomic mass is 10.1. The molecular weight excluding hydrogens is 408 g/mol. The van der Waals surface area contributed by atoms with Crippen LogP contribution in [0, 0.1) is 18.6 Å². The first kappa shape index (κ1) is 20.5. The van der Waals surface area contributed by atoms with Crippen LogP contribution in [0.15, 0.2) is 48.7 Å². The number of ether oxygens (including phenoxy) is 1. The molecule has 2 aromatic carbocycles. The van der Waals surface area contributed by atoms with Crippen molar-refractivity contribution in [2.24, 2.45) is 0 Å². The number of amides is 1. The summed E-state index contributed by atoms with van der Waals surface area (Å²) in [6.07, 6.45) is 1.70. The number of nitrogens with zero attached hydrogens (tertiary/aromatic N) is 2. The molecule has 160 valence electrons. The molecule has 0 fully saturated rings. The van der Waals surface area contributed by atoms with E-state index < -0.39 is 29.3 Å². The minimum absolute atomic E-state index is 0.103. The van der Waals surface area contributed by atoms with Crippen molar-refractivity contribution in [3.05, 3.63) is 71.4 Å². The Labute approximate surface area is 176 Å². The Kier molecular flexibility index (Phi) is 5.43. The third-order valence-electron chi connectivity index (χ3n) is 4.91. The fourth-order valence-corrected chi connectivity index (χ4v) is 3.38. The van der Waals surface area contributed by atoms with E-state index in [1.807, 2.05) is 19.1 Å². The molecule has 0 saturated heterocycles. The molecule has 0 radical (unpaired) electrons. The summed E-state index contributed by atoms with van der Waals surface area (Å²) in [6.45, 7) is 1.81. The number of nitrogens with one attached hydrogen (secondary N) is 1. The van der Waals surface area contributed by atoms with Crippen LogP contribution in [0.25, 0.3) is 0 Å². The summed E-state index contributed by atoms with van der Waals surface area (Å²) < 4.78 is 33.0. The molecule has 0 saturated carbocycles. The van der Waals surface area contributed by atoms with Crippen LogP contribution in [0.4, 0.5) is 26.0 Å². The highest BCUT2D eigenvalue weighted by atomic mass is 19.1. The third-order valence-corrected chi connectivity index (χ3v) is 4.91. The highest BCUT2D eigenvalue weighted by Crippen LogP contribution is 2.41. The van der Waals surface area contributed by atoms with Crippen LogP contribution >= 0.6 is 0 Å². The van der Waals surface area contributed by atoms with Crippen molar-refractivity contribution < 1.29 is 28.5 Å². The molecule has 3 aromatic rings. The molecule has 0 bridgehead atoms. The number of carbonyl (C=O) groups excluding carboxylic acids is 1. The number of benzene rings is 2. The van der Waals surface area contributed by atoms with E-state index >= 15 is 0 Å². The van der Waals surface area contributed by atoms with E-state index in [9.17, 15) is 23.8 Å². The molecule has 1 aromatic heterocycles. The van der Waals surface area contributed by atoms with E-state index in [0.29, 0.717) is 11.5 Å². The number of aromatic hydroxyl groups is 1. The van der Waals surface area contributed by atoms with E-state index in [-0.39, 0.29) is 30.2 Å². The molecule has 7 nitrogen and oxygen atoms in total. The monoisotopic (exact) mass is 427 g/mol. The average Bonchev–Trinajstić information content (AvgIpc) is 2.76. The summed E-state index contributed by atoms with van der Waals surface area (Å²) in [4.78, 5) is 19.1. The Hall–Kier alpha value is -3.72. The Bertz CT molecular complexity index is 1120. The van der Waals surface area contributed by atoms with Gasteiger partial charge in [-0.25, -0.2) is 13.8 Å². The van der Waals surface area contributed by atoms with Gasteiger partial charge in [-0.15, -0.1) is 0 Å². The van der Waals surface area contributed by atoms with Crippen LogP contribution in [0.2, 0.25) is 0 Å². The number of anilines is 3. The normalized spacial score (nSPS) is 15.2. The number of halogens is 2. The molecule has 1 aliphatic rings. The van der Waals surface area contributed by atoms with Gasteiger partial charge in [-0.2, -0.15) is 0 Å². The number of fused-ring (bicyclic) bond motifs is 1. The summed E-state index contributed by atoms with van der Waals surface area (Å²) >= 11 is 0. The Morgan fingerprint density at radius 3 is 2.65 bits per heavy atom. The van der Waals surface area contributed by atoms with Gasteiger partial charge in [0.1, 0.15) is 12.4 Å². The largest absolute Gasteiger partial charge is 0.503 e. The highest BCUT2D eigenvalue weighted by molar-refractivity contribution is 6.07. The van der Waals surface area contributed by atoms with Crippen molar-refractivity contribution >= 4 is 23.1 Å². The molecule has 0 aliphatic carbocycles. The number of para-hydroxylation sites is 1. The van der Waals surface area contributed by atoms with Gasteiger partial charge in [0, 0.05) is 24.0 Å². The van der Waals surface area contributed by atoms with Gasteiger partial charge in [-0.05, 0) is 30.7 Å². The van der Waals surface area contributed by atoms with E-state index in [1.165, 1.54) is 6.07 Å². The fourth-order valence-electron chi connectivity index (χ4n) is 3.38. The summed E-state index contributed by atoms with van der Waals surface area (Å²) in [5.41, 5.74) is 1.48. The molecule has 3 N–H and O–H groups in total. The molecule has 31 heavy (non-hydrogen) atoms. The summed E-state index contributed by atoms with van der Waals surface area (Å²) in [5, 5.41) is 21.5. The molecule has 0 spiro atoms. The van der Waals surface area contributed by atoms with Crippen LogP contribution in [-0.2, 0) is 0 Å². The minimum Gasteiger partial charge on any atom is -0.503 e. The number of hydrogen-bond acceptors (Lipinski definition) is 6. The van der Waals surface area contributed by atoms with Crippen LogP contribution in [-0.4, -0.2) is 40.4 Å². The summed E-state index contributed by atoms with van der Waals surface area (Å²) in [7, 11) is 0. The zero-order chi connectivity index (χ0) is 22.1. The smallest absolute Gasteiger partial charge is 0.259 e. The molecular formula is C22H19F2N3O4. The van der Waals surface area contributed by atoms with Crippen molar-refractivity contribution in [1.29, 1.82) is 0 Å². The van der Waals surface area contributed by atoms with Gasteiger partial charge in [0.05, 0.1) is 23.9 Å². The predicted molar refractivity (Wildman–Crippen MR) is 110 cm³/mol. The number of hydrogen-bond donors (Lipinski definition) is 3. The highest BCUT2D eigenvalue weighted by Gasteiger charge is 2.32. The molecule has 1 amide bonds. The standard InChI is InChI=1S/C22H19F2N3O4/c1-12-5-6-19(25-9-12)27-14(10-28)11-31-21-15(3-2-4-18(21)27)22(30)26-13-7-16(23)20(29)17(24)8-13/h2-9,14,28-29H,10-11H2,1H3,(H,26,30)/t14-/m0/s1. The predicted octanol–water partition coefficient (Wildman–Crippen LogP) is 3.52. The number of pyridine rings is 1. The lowest BCUT2D eigenvalue weighted by Gasteiger charge is -2.37. The quantitative estimate of drug-likeness (QED) is 0.552. The maximum atomic E-state index is 13.6. The van der Waals surface area contributed by atoms with Gasteiger partial charge in [-0.3, -0.25) is 4.79 Å². The number of carbonyl (C=O) groups is 1. The second-order valence-corrected chi connectivity index (χ2v) is 7.11. The van der Waals surface area contributed by atoms with Gasteiger partial charge in [0.15, 0.2) is 23.1 Å². The lowest BCUT2D eigenvalue weighted by Crippen LogP contribution is -2.43. The van der Waals surface area contributed by atoms with Gasteiger partial charge < -0.3 is 25.2 Å². The topological polar surface area (TPSA) is 94.9 Å². The van der Waals surface area contributed by atoms with E-state index in [4.69, 9.17) is 4.74 Å². The van der Waals surface area contributed by atoms with Crippen LogP contribution < -0.4 is 15.0 Å². The van der Waals surface area contributed by atoms with Crippen molar-refractivity contribution in [2.45, 2.75) is 13.0 Å². The van der Waals surface area contributed by atoms with Crippen molar-refractivity contribution in [3.63, 3.8) is 0 Å². The van der Waals surface area contributed by atoms with Gasteiger partial charge in [0.25, 0.3) is 5.91 Å². The average molecular weight is 427 g/mol. The molecule has 9 heteroatoms. The number of phenolic OH excluding ortho intramolecular Hbond substituents is 1. The zero-order valence-electron chi connectivity index (χ0n) is 16.5. The number of aliphatic hydroxyl groups excluding tert-OH is 1. The number of rotatable bonds is 4. The third kappa shape index (κ3) is 3.87. The first-order valence-electron chi connectivity index (χ1n) is 9.47. The van der Waals surface area contributed by atoms with E-state index in [1.54, 1.807) is 23.2 Å². The number of aryl methyl sites for hydroxylation is 1. The summed E-state index contributed by atoms with van der Waals surface area (Å²) in [6, 6.07) is 9.79. The van der Waals surface area contributed by atoms with Crippen LogP contribution in [0.1, 0.15) is 15.9 Å². The van der Waals surface area contributed by atoms with Crippen LogP contribution in [0.5, 0.6) is 11.5 Å². The van der Waals surface area contributed by atoms with Gasteiger partial charge in [-0.1, -0.05) is 12.1 Å². The molecule has 2 heterocycles. The van der Waals surface area contributed by atoms with Gasteiger partial charge in [0.2, 0.25) is 0 Å². The fraction of sp³-hybridized carbons (Fsp3) is 0.182. The molecule has 1 atom stereocenters. The maximum absolute atomic E-state index is 13.6. The van der Waals surface area contributed by atoms with E-state index in [0.717, 1.165) is 17.7 Å². The van der Waals surface area contributed by atoms with Gasteiger partial charge >= 0.3 is 0 Å². The number of aromatic nitrogens is 1. The molecule has 1 aliphatic heterocycles. The van der Waals surface area contributed by atoms with Crippen molar-refractivity contribution in [2.75, 3.05) is 23.4 Å².